The van der Waals surface area contributed by atoms with Gasteiger partial charge in [-0.15, -0.1) is 12.4 Å². The van der Waals surface area contributed by atoms with E-state index in [4.69, 9.17) is 5.73 Å². The molecule has 1 saturated heterocycles. The summed E-state index contributed by atoms with van der Waals surface area (Å²) in [5, 5.41) is 2.97. The van der Waals surface area contributed by atoms with Crippen LogP contribution in [-0.4, -0.2) is 42.4 Å². The van der Waals surface area contributed by atoms with Crippen LogP contribution in [0.1, 0.15) is 45.4 Å². The predicted molar refractivity (Wildman–Crippen MR) is 92.1 cm³/mol. The van der Waals surface area contributed by atoms with Gasteiger partial charge >= 0.3 is 0 Å². The highest BCUT2D eigenvalue weighted by Crippen LogP contribution is 2.48. The molecule has 2 amide bonds. The van der Waals surface area contributed by atoms with Crippen LogP contribution in [0.2, 0.25) is 0 Å². The number of nitrogens with zero attached hydrogens (tertiary/aromatic N) is 1. The third kappa shape index (κ3) is 3.66. The smallest absolute Gasteiger partial charge is 0.227 e. The molecule has 3 fully saturated rings. The van der Waals surface area contributed by atoms with E-state index >= 15 is 0 Å². The summed E-state index contributed by atoms with van der Waals surface area (Å²) in [5.41, 5.74) is 6.29. The minimum atomic E-state index is 0. The van der Waals surface area contributed by atoms with E-state index in [0.717, 1.165) is 32.2 Å². The Labute approximate surface area is 145 Å². The molecular weight excluding hydrogens is 314 g/mol. The molecule has 4 unspecified atom stereocenters. The summed E-state index contributed by atoms with van der Waals surface area (Å²) >= 11 is 0. The van der Waals surface area contributed by atoms with Crippen molar-refractivity contribution in [3.63, 3.8) is 0 Å². The Bertz CT molecular complexity index is 436. The van der Waals surface area contributed by atoms with E-state index < -0.39 is 0 Å². The molecule has 3 rings (SSSR count). The molecule has 0 aromatic heterocycles. The molecule has 4 atom stereocenters. The van der Waals surface area contributed by atoms with Crippen LogP contribution in [0.15, 0.2) is 0 Å². The van der Waals surface area contributed by atoms with E-state index in [9.17, 15) is 9.59 Å². The minimum Gasteiger partial charge on any atom is -0.356 e. The first kappa shape index (κ1) is 18.5. The average Bonchev–Trinajstić information content (AvgIpc) is 3.13. The molecule has 2 bridgehead atoms. The summed E-state index contributed by atoms with van der Waals surface area (Å²) < 4.78 is 0. The number of hydrogen-bond acceptors (Lipinski definition) is 3. The molecular formula is C17H30ClN3O2. The molecule has 6 heteroatoms. The maximum Gasteiger partial charge on any atom is 0.227 e. The number of fused-ring (bicyclic) bond motifs is 2. The molecule has 132 valence electrons. The number of piperidine rings is 1. The van der Waals surface area contributed by atoms with Gasteiger partial charge in [-0.3, -0.25) is 9.59 Å². The normalized spacial score (nSPS) is 33.4. The van der Waals surface area contributed by atoms with E-state index in [1.54, 1.807) is 0 Å². The number of carbonyl (C=O) groups excluding carboxylic acids is 2. The van der Waals surface area contributed by atoms with Gasteiger partial charge in [0.05, 0.1) is 5.92 Å². The number of amides is 2. The number of likely N-dealkylation sites (tertiary alicyclic amines) is 1. The highest BCUT2D eigenvalue weighted by Gasteiger charge is 2.50. The lowest BCUT2D eigenvalue weighted by molar-refractivity contribution is -0.141. The van der Waals surface area contributed by atoms with Gasteiger partial charge in [0, 0.05) is 31.6 Å². The molecule has 0 radical (unpaired) electrons. The van der Waals surface area contributed by atoms with Crippen LogP contribution in [0.3, 0.4) is 0 Å². The Hall–Kier alpha value is -0.810. The number of hydrogen-bond donors (Lipinski definition) is 2. The van der Waals surface area contributed by atoms with Gasteiger partial charge in [0.25, 0.3) is 0 Å². The van der Waals surface area contributed by atoms with Crippen molar-refractivity contribution < 1.29 is 9.59 Å². The highest BCUT2D eigenvalue weighted by molar-refractivity contribution is 5.85. The molecule has 0 aromatic rings. The largest absolute Gasteiger partial charge is 0.356 e. The lowest BCUT2D eigenvalue weighted by Crippen LogP contribution is -2.50. The van der Waals surface area contributed by atoms with Crippen molar-refractivity contribution in [1.82, 2.24) is 10.2 Å². The molecule has 0 spiro atoms. The zero-order chi connectivity index (χ0) is 15.7. The monoisotopic (exact) mass is 343 g/mol. The number of halogens is 1. The molecule has 3 aliphatic rings. The summed E-state index contributed by atoms with van der Waals surface area (Å²) in [6.07, 6.45) is 6.06. The highest BCUT2D eigenvalue weighted by atomic mass is 35.5. The number of carbonyl (C=O) groups is 2. The van der Waals surface area contributed by atoms with Gasteiger partial charge in [-0.1, -0.05) is 6.92 Å². The van der Waals surface area contributed by atoms with Crippen LogP contribution in [0.25, 0.3) is 0 Å². The standard InChI is InChI=1S/C17H29N3O2.ClH/c1-2-7-19-16(21)11-5-8-20(9-6-11)17(22)14-12-3-4-13(10-12)15(14)18;/h11-15H,2-10,18H2,1H3,(H,19,21);1H. The van der Waals surface area contributed by atoms with Crippen molar-refractivity contribution in [3.8, 4) is 0 Å². The van der Waals surface area contributed by atoms with Crippen LogP contribution in [-0.2, 0) is 9.59 Å². The fourth-order valence-corrected chi connectivity index (χ4v) is 4.67. The quantitative estimate of drug-likeness (QED) is 0.813. The topological polar surface area (TPSA) is 75.4 Å². The maximum atomic E-state index is 12.8. The van der Waals surface area contributed by atoms with Gasteiger partial charge in [0.2, 0.25) is 11.8 Å². The Morgan fingerprint density at radius 3 is 2.35 bits per heavy atom. The number of nitrogens with one attached hydrogen (secondary N) is 1. The number of nitrogens with two attached hydrogens (primary N) is 1. The van der Waals surface area contributed by atoms with E-state index in [1.807, 2.05) is 4.90 Å². The van der Waals surface area contributed by atoms with Crippen molar-refractivity contribution in [2.45, 2.75) is 51.5 Å². The first-order chi connectivity index (χ1) is 10.6. The zero-order valence-electron chi connectivity index (χ0n) is 14.0. The molecule has 0 aromatic carbocycles. The van der Waals surface area contributed by atoms with Crippen LogP contribution in [0.5, 0.6) is 0 Å². The molecule has 3 N–H and O–H groups in total. The van der Waals surface area contributed by atoms with Crippen molar-refractivity contribution in [3.05, 3.63) is 0 Å². The van der Waals surface area contributed by atoms with Gasteiger partial charge < -0.3 is 16.0 Å². The van der Waals surface area contributed by atoms with Crippen molar-refractivity contribution >= 4 is 24.2 Å². The first-order valence-electron chi connectivity index (χ1n) is 8.94. The Kier molecular flexibility index (Phi) is 6.32. The third-order valence-corrected chi connectivity index (χ3v) is 5.99. The van der Waals surface area contributed by atoms with E-state index in [2.05, 4.69) is 12.2 Å². The van der Waals surface area contributed by atoms with Gasteiger partial charge in [0.15, 0.2) is 0 Å². The van der Waals surface area contributed by atoms with Crippen molar-refractivity contribution in [1.29, 1.82) is 0 Å². The SMILES string of the molecule is CCCNC(=O)C1CCN(C(=O)C2C3CCC(C3)C2N)CC1.Cl. The van der Waals surface area contributed by atoms with Gasteiger partial charge in [0.1, 0.15) is 0 Å². The van der Waals surface area contributed by atoms with Crippen molar-refractivity contribution in [2.24, 2.45) is 29.4 Å². The van der Waals surface area contributed by atoms with Crippen LogP contribution in [0, 0.1) is 23.7 Å². The Balaban J connectivity index is 0.00000192. The minimum absolute atomic E-state index is 0. The van der Waals surface area contributed by atoms with E-state index in [-0.39, 0.29) is 42.1 Å². The van der Waals surface area contributed by atoms with Gasteiger partial charge in [-0.05, 0) is 50.4 Å². The molecule has 2 saturated carbocycles. The fourth-order valence-electron chi connectivity index (χ4n) is 4.67. The van der Waals surface area contributed by atoms with E-state index in [0.29, 0.717) is 24.9 Å². The zero-order valence-corrected chi connectivity index (χ0v) is 14.8. The predicted octanol–water partition coefficient (Wildman–Crippen LogP) is 1.55. The molecule has 1 aliphatic heterocycles. The van der Waals surface area contributed by atoms with Crippen molar-refractivity contribution in [2.75, 3.05) is 19.6 Å². The summed E-state index contributed by atoms with van der Waals surface area (Å²) in [5.74, 6) is 1.61. The Morgan fingerprint density at radius 1 is 1.13 bits per heavy atom. The summed E-state index contributed by atoms with van der Waals surface area (Å²) in [4.78, 5) is 26.8. The second-order valence-corrected chi connectivity index (χ2v) is 7.33. The lowest BCUT2D eigenvalue weighted by Gasteiger charge is -2.36. The molecule has 1 heterocycles. The second kappa shape index (κ2) is 7.84. The second-order valence-electron chi connectivity index (χ2n) is 7.33. The average molecular weight is 344 g/mol. The van der Waals surface area contributed by atoms with Crippen LogP contribution >= 0.6 is 12.4 Å². The Morgan fingerprint density at radius 2 is 1.78 bits per heavy atom. The molecule has 23 heavy (non-hydrogen) atoms. The van der Waals surface area contributed by atoms with Crippen LogP contribution in [0.4, 0.5) is 0 Å². The van der Waals surface area contributed by atoms with Crippen LogP contribution < -0.4 is 11.1 Å². The maximum absolute atomic E-state index is 12.8. The summed E-state index contributed by atoms with van der Waals surface area (Å²) in [6.45, 7) is 4.23. The van der Waals surface area contributed by atoms with Gasteiger partial charge in [-0.25, -0.2) is 0 Å². The number of rotatable bonds is 4. The molecule has 5 nitrogen and oxygen atoms in total. The first-order valence-corrected chi connectivity index (χ1v) is 8.94. The van der Waals surface area contributed by atoms with E-state index in [1.165, 1.54) is 12.8 Å². The lowest BCUT2D eigenvalue weighted by atomic mass is 9.83. The van der Waals surface area contributed by atoms with Gasteiger partial charge in [-0.2, -0.15) is 0 Å². The summed E-state index contributed by atoms with van der Waals surface area (Å²) in [7, 11) is 0. The summed E-state index contributed by atoms with van der Waals surface area (Å²) in [6, 6.07) is 0.0665. The fraction of sp³-hybridized carbons (Fsp3) is 0.882. The third-order valence-electron chi connectivity index (χ3n) is 5.99. The molecule has 2 aliphatic carbocycles.